The molecule has 2 aromatic rings. The first-order valence-corrected chi connectivity index (χ1v) is 5.66. The maximum absolute atomic E-state index is 5.76. The third kappa shape index (κ3) is 3.48. The van der Waals surface area contributed by atoms with Crippen LogP contribution in [-0.4, -0.2) is 42.2 Å². The standard InChI is InChI=1S/C8H11ClN8O/c1-2-3-18-8-12-6(9)11-7(13-8)10-4-5-14-16-17-15-5/h2-4H2,1H3,(H,10,11,12,13)(H,14,15,16,17). The quantitative estimate of drug-likeness (QED) is 0.777. The number of rotatable bonds is 6. The average Bonchev–Trinajstić information content (AvgIpc) is 2.86. The van der Waals surface area contributed by atoms with Crippen molar-refractivity contribution in [3.8, 4) is 6.01 Å². The van der Waals surface area contributed by atoms with Gasteiger partial charge in [-0.1, -0.05) is 12.1 Å². The number of aromatic nitrogens is 7. The number of nitrogens with zero attached hydrogens (tertiary/aromatic N) is 6. The highest BCUT2D eigenvalue weighted by atomic mass is 35.5. The van der Waals surface area contributed by atoms with Gasteiger partial charge in [0.2, 0.25) is 11.2 Å². The van der Waals surface area contributed by atoms with Crippen molar-refractivity contribution < 1.29 is 4.74 Å². The molecule has 0 spiro atoms. The lowest BCUT2D eigenvalue weighted by Crippen LogP contribution is -2.08. The molecule has 2 N–H and O–H groups in total. The zero-order valence-corrected chi connectivity index (χ0v) is 10.3. The molecule has 0 atom stereocenters. The van der Waals surface area contributed by atoms with Crippen molar-refractivity contribution in [3.63, 3.8) is 0 Å². The summed E-state index contributed by atoms with van der Waals surface area (Å²) in [5.74, 6) is 0.786. The van der Waals surface area contributed by atoms with Gasteiger partial charge in [-0.25, -0.2) is 0 Å². The van der Waals surface area contributed by atoms with Gasteiger partial charge in [0.1, 0.15) is 0 Å². The summed E-state index contributed by atoms with van der Waals surface area (Å²) in [6, 6.07) is 0.187. The number of ether oxygens (including phenoxy) is 1. The summed E-state index contributed by atoms with van der Waals surface area (Å²) in [5, 5.41) is 16.3. The highest BCUT2D eigenvalue weighted by Crippen LogP contribution is 2.11. The van der Waals surface area contributed by atoms with Crippen LogP contribution in [0.5, 0.6) is 6.01 Å². The van der Waals surface area contributed by atoms with E-state index in [0.717, 1.165) is 6.42 Å². The minimum absolute atomic E-state index is 0.0618. The lowest BCUT2D eigenvalue weighted by atomic mass is 10.5. The number of H-pyrrole nitrogens is 1. The Morgan fingerprint density at radius 1 is 1.33 bits per heavy atom. The molecule has 2 aromatic heterocycles. The van der Waals surface area contributed by atoms with Crippen LogP contribution in [0.15, 0.2) is 0 Å². The number of nitrogens with one attached hydrogen (secondary N) is 2. The van der Waals surface area contributed by atoms with E-state index in [1.807, 2.05) is 6.92 Å². The van der Waals surface area contributed by atoms with Crippen LogP contribution in [0.3, 0.4) is 0 Å². The molecule has 10 heteroatoms. The van der Waals surface area contributed by atoms with Crippen molar-refractivity contribution in [2.24, 2.45) is 0 Å². The number of aromatic amines is 1. The molecule has 18 heavy (non-hydrogen) atoms. The molecule has 2 heterocycles. The van der Waals surface area contributed by atoms with Crippen molar-refractivity contribution in [1.82, 2.24) is 35.6 Å². The van der Waals surface area contributed by atoms with Crippen LogP contribution in [0.1, 0.15) is 19.2 Å². The maximum atomic E-state index is 5.76. The van der Waals surface area contributed by atoms with Crippen molar-refractivity contribution in [2.75, 3.05) is 11.9 Å². The van der Waals surface area contributed by atoms with Gasteiger partial charge in [0.05, 0.1) is 13.2 Å². The van der Waals surface area contributed by atoms with Gasteiger partial charge in [-0.3, -0.25) is 0 Å². The van der Waals surface area contributed by atoms with Crippen molar-refractivity contribution in [3.05, 3.63) is 11.1 Å². The summed E-state index contributed by atoms with van der Waals surface area (Å²) in [7, 11) is 0. The molecular formula is C8H11ClN8O. The predicted octanol–water partition coefficient (Wildman–Crippen LogP) is 0.439. The van der Waals surface area contributed by atoms with E-state index in [-0.39, 0.29) is 11.3 Å². The third-order valence-corrected chi connectivity index (χ3v) is 1.99. The number of anilines is 1. The Morgan fingerprint density at radius 3 is 2.94 bits per heavy atom. The molecule has 0 saturated carbocycles. The van der Waals surface area contributed by atoms with E-state index in [1.54, 1.807) is 0 Å². The van der Waals surface area contributed by atoms with Crippen LogP contribution in [0, 0.1) is 0 Å². The second-order valence-electron chi connectivity index (χ2n) is 3.24. The monoisotopic (exact) mass is 270 g/mol. The first kappa shape index (κ1) is 12.4. The molecule has 9 nitrogen and oxygen atoms in total. The fourth-order valence-electron chi connectivity index (χ4n) is 1.08. The van der Waals surface area contributed by atoms with Crippen LogP contribution < -0.4 is 10.1 Å². The zero-order chi connectivity index (χ0) is 12.8. The van der Waals surface area contributed by atoms with Crippen LogP contribution in [0.4, 0.5) is 5.95 Å². The van der Waals surface area contributed by atoms with E-state index < -0.39 is 0 Å². The van der Waals surface area contributed by atoms with E-state index in [2.05, 4.69) is 40.9 Å². The van der Waals surface area contributed by atoms with Crippen molar-refractivity contribution in [2.45, 2.75) is 19.9 Å². The van der Waals surface area contributed by atoms with Gasteiger partial charge in [-0.2, -0.15) is 20.2 Å². The van der Waals surface area contributed by atoms with Crippen LogP contribution in [0.25, 0.3) is 0 Å². The highest BCUT2D eigenvalue weighted by molar-refractivity contribution is 6.28. The summed E-state index contributed by atoms with van der Waals surface area (Å²) in [6.45, 7) is 2.83. The largest absolute Gasteiger partial charge is 0.463 e. The predicted molar refractivity (Wildman–Crippen MR) is 62.1 cm³/mol. The van der Waals surface area contributed by atoms with E-state index in [1.165, 1.54) is 0 Å². The molecule has 0 unspecified atom stereocenters. The van der Waals surface area contributed by atoms with Gasteiger partial charge in [0.25, 0.3) is 0 Å². The second-order valence-corrected chi connectivity index (χ2v) is 3.58. The van der Waals surface area contributed by atoms with Crippen molar-refractivity contribution >= 4 is 17.5 Å². The molecule has 0 amide bonds. The molecule has 2 rings (SSSR count). The van der Waals surface area contributed by atoms with E-state index in [4.69, 9.17) is 16.3 Å². The number of hydrogen-bond donors (Lipinski definition) is 2. The summed E-state index contributed by atoms with van der Waals surface area (Å²) < 4.78 is 5.28. The normalized spacial score (nSPS) is 10.3. The Bertz CT molecular complexity index is 490. The number of hydrogen-bond acceptors (Lipinski definition) is 8. The number of tetrazole rings is 1. The zero-order valence-electron chi connectivity index (χ0n) is 9.59. The summed E-state index contributed by atoms with van der Waals surface area (Å²) in [6.07, 6.45) is 0.856. The fourth-order valence-corrected chi connectivity index (χ4v) is 1.24. The minimum atomic E-state index is 0.0618. The third-order valence-electron chi connectivity index (χ3n) is 1.82. The van der Waals surface area contributed by atoms with Gasteiger partial charge in [-0.15, -0.1) is 10.2 Å². The molecular weight excluding hydrogens is 260 g/mol. The Hall–Kier alpha value is -2.03. The minimum Gasteiger partial charge on any atom is -0.463 e. The fraction of sp³-hybridized carbons (Fsp3) is 0.500. The number of halogens is 1. The molecule has 0 bridgehead atoms. The van der Waals surface area contributed by atoms with Crippen LogP contribution in [0.2, 0.25) is 5.28 Å². The van der Waals surface area contributed by atoms with E-state index in [0.29, 0.717) is 24.9 Å². The lowest BCUT2D eigenvalue weighted by molar-refractivity contribution is 0.291. The molecule has 0 aliphatic rings. The first-order valence-electron chi connectivity index (χ1n) is 5.28. The topological polar surface area (TPSA) is 114 Å². The SMILES string of the molecule is CCCOc1nc(Cl)nc(NCc2nn[nH]n2)n1. The Labute approximate surface area is 107 Å². The summed E-state index contributed by atoms with van der Waals surface area (Å²) in [4.78, 5) is 11.8. The molecule has 0 aliphatic heterocycles. The lowest BCUT2D eigenvalue weighted by Gasteiger charge is -2.05. The summed E-state index contributed by atoms with van der Waals surface area (Å²) in [5.41, 5.74) is 0. The van der Waals surface area contributed by atoms with E-state index in [9.17, 15) is 0 Å². The van der Waals surface area contributed by atoms with Crippen molar-refractivity contribution in [1.29, 1.82) is 0 Å². The van der Waals surface area contributed by atoms with E-state index >= 15 is 0 Å². The molecule has 0 aromatic carbocycles. The van der Waals surface area contributed by atoms with Gasteiger partial charge in [-0.05, 0) is 18.0 Å². The molecule has 96 valence electrons. The first-order chi connectivity index (χ1) is 8.78. The smallest absolute Gasteiger partial charge is 0.322 e. The second kappa shape index (κ2) is 6.05. The average molecular weight is 271 g/mol. The van der Waals surface area contributed by atoms with Crippen LogP contribution in [-0.2, 0) is 6.54 Å². The molecule has 0 fully saturated rings. The van der Waals surface area contributed by atoms with Crippen LogP contribution >= 0.6 is 11.6 Å². The van der Waals surface area contributed by atoms with Gasteiger partial charge in [0, 0.05) is 0 Å². The molecule has 0 radical (unpaired) electrons. The molecule has 0 aliphatic carbocycles. The summed E-state index contributed by atoms with van der Waals surface area (Å²) >= 11 is 5.76. The maximum Gasteiger partial charge on any atom is 0.322 e. The van der Waals surface area contributed by atoms with Gasteiger partial charge < -0.3 is 10.1 Å². The van der Waals surface area contributed by atoms with Gasteiger partial charge >= 0.3 is 6.01 Å². The Morgan fingerprint density at radius 2 is 2.22 bits per heavy atom. The van der Waals surface area contributed by atoms with Gasteiger partial charge in [0.15, 0.2) is 5.82 Å². The molecule has 0 saturated heterocycles. The Balaban J connectivity index is 2.00. The highest BCUT2D eigenvalue weighted by Gasteiger charge is 2.06. The Kier molecular flexibility index (Phi) is 4.18.